The Morgan fingerprint density at radius 1 is 1.53 bits per heavy atom. The highest BCUT2D eigenvalue weighted by Gasteiger charge is 2.26. The van der Waals surface area contributed by atoms with Gasteiger partial charge >= 0.3 is 0 Å². The number of hydrogen-bond donors (Lipinski definition) is 1. The molecule has 15 heavy (non-hydrogen) atoms. The lowest BCUT2D eigenvalue weighted by Crippen LogP contribution is -2.21. The molecule has 0 amide bonds. The number of aromatic nitrogens is 2. The summed E-state index contributed by atoms with van der Waals surface area (Å²) in [7, 11) is -3.68. The highest BCUT2D eigenvalue weighted by Crippen LogP contribution is 2.26. The minimum absolute atomic E-state index is 0.0616. The van der Waals surface area contributed by atoms with Gasteiger partial charge in [0.15, 0.2) is 5.03 Å². The largest absolute Gasteiger partial charge is 0.331 e. The van der Waals surface area contributed by atoms with Crippen LogP contribution in [-0.4, -0.2) is 18.0 Å². The molecule has 2 N–H and O–H groups in total. The maximum absolute atomic E-state index is 11.3. The second-order valence-electron chi connectivity index (χ2n) is 4.21. The molecule has 0 radical (unpaired) electrons. The molecule has 1 aromatic rings. The summed E-state index contributed by atoms with van der Waals surface area (Å²) >= 11 is 0. The van der Waals surface area contributed by atoms with Gasteiger partial charge < -0.3 is 4.57 Å². The molecule has 0 saturated heterocycles. The second kappa shape index (κ2) is 3.31. The molecule has 1 atom stereocenters. The Bertz CT molecular complexity index is 490. The normalized spacial score (nSPS) is 21.4. The van der Waals surface area contributed by atoms with Crippen molar-refractivity contribution in [3.63, 3.8) is 0 Å². The summed E-state index contributed by atoms with van der Waals surface area (Å²) < 4.78 is 24.6. The first-order valence-electron chi connectivity index (χ1n) is 4.98. The standard InChI is InChI=1S/C9H15N3O2S/c1-6-3-4-12-7(2)11-9(8(12)5-6)15(10,13)14/h6H,3-5H2,1-2H3,(H2,10,13,14). The van der Waals surface area contributed by atoms with Gasteiger partial charge in [-0.2, -0.15) is 0 Å². The summed E-state index contributed by atoms with van der Waals surface area (Å²) in [6.45, 7) is 4.76. The molecule has 1 aliphatic heterocycles. The minimum Gasteiger partial charge on any atom is -0.331 e. The molecule has 2 rings (SSSR count). The van der Waals surface area contributed by atoms with Crippen LogP contribution in [0.2, 0.25) is 0 Å². The number of fused-ring (bicyclic) bond motifs is 1. The first kappa shape index (κ1) is 10.6. The van der Waals surface area contributed by atoms with Crippen LogP contribution in [0.25, 0.3) is 0 Å². The molecule has 0 aromatic carbocycles. The molecule has 0 bridgehead atoms. The highest BCUT2D eigenvalue weighted by molar-refractivity contribution is 7.89. The number of imidazole rings is 1. The average Bonchev–Trinajstić information content (AvgIpc) is 2.42. The molecule has 1 aromatic heterocycles. The molecule has 5 nitrogen and oxygen atoms in total. The zero-order valence-electron chi connectivity index (χ0n) is 8.90. The van der Waals surface area contributed by atoms with Crippen molar-refractivity contribution in [2.75, 3.05) is 0 Å². The number of primary sulfonamides is 1. The summed E-state index contributed by atoms with van der Waals surface area (Å²) in [6, 6.07) is 0. The topological polar surface area (TPSA) is 78.0 Å². The van der Waals surface area contributed by atoms with Crippen LogP contribution in [0.1, 0.15) is 24.9 Å². The lowest BCUT2D eigenvalue weighted by atomic mass is 9.99. The number of sulfonamides is 1. The van der Waals surface area contributed by atoms with Crippen molar-refractivity contribution in [3.05, 3.63) is 11.5 Å². The van der Waals surface area contributed by atoms with E-state index in [1.807, 2.05) is 11.5 Å². The quantitative estimate of drug-likeness (QED) is 0.758. The van der Waals surface area contributed by atoms with Gasteiger partial charge in [-0.3, -0.25) is 0 Å². The van der Waals surface area contributed by atoms with E-state index >= 15 is 0 Å². The van der Waals surface area contributed by atoms with Crippen molar-refractivity contribution in [1.29, 1.82) is 0 Å². The average molecular weight is 229 g/mol. The van der Waals surface area contributed by atoms with Gasteiger partial charge in [0.1, 0.15) is 5.82 Å². The fraction of sp³-hybridized carbons (Fsp3) is 0.667. The van der Waals surface area contributed by atoms with Crippen LogP contribution in [0, 0.1) is 12.8 Å². The van der Waals surface area contributed by atoms with Gasteiger partial charge in [0, 0.05) is 6.54 Å². The van der Waals surface area contributed by atoms with Gasteiger partial charge in [0.2, 0.25) is 0 Å². The molecular formula is C9H15N3O2S. The van der Waals surface area contributed by atoms with Crippen LogP contribution in [0.3, 0.4) is 0 Å². The van der Waals surface area contributed by atoms with Gasteiger partial charge in [-0.1, -0.05) is 6.92 Å². The van der Waals surface area contributed by atoms with Gasteiger partial charge in [0.25, 0.3) is 10.0 Å². The molecular weight excluding hydrogens is 214 g/mol. The van der Waals surface area contributed by atoms with E-state index in [2.05, 4.69) is 11.9 Å². The number of rotatable bonds is 1. The summed E-state index contributed by atoms with van der Waals surface area (Å²) in [5.74, 6) is 1.23. The van der Waals surface area contributed by atoms with E-state index in [-0.39, 0.29) is 5.03 Å². The predicted molar refractivity (Wildman–Crippen MR) is 55.8 cm³/mol. The predicted octanol–water partition coefficient (Wildman–Crippen LogP) is 0.421. The number of hydrogen-bond acceptors (Lipinski definition) is 3. The third-order valence-corrected chi connectivity index (χ3v) is 3.75. The molecule has 1 aliphatic rings. The van der Waals surface area contributed by atoms with E-state index in [0.29, 0.717) is 5.92 Å². The molecule has 0 saturated carbocycles. The number of nitrogens with two attached hydrogens (primary N) is 1. The van der Waals surface area contributed by atoms with E-state index in [1.165, 1.54) is 0 Å². The molecule has 2 heterocycles. The van der Waals surface area contributed by atoms with E-state index < -0.39 is 10.0 Å². The maximum Gasteiger partial charge on any atom is 0.257 e. The van der Waals surface area contributed by atoms with Gasteiger partial charge in [-0.25, -0.2) is 18.5 Å². The van der Waals surface area contributed by atoms with E-state index in [9.17, 15) is 8.42 Å². The lowest BCUT2D eigenvalue weighted by Gasteiger charge is -2.21. The summed E-state index contributed by atoms with van der Waals surface area (Å²) in [5, 5.41) is 5.20. The fourth-order valence-corrected chi connectivity index (χ4v) is 2.87. The SMILES string of the molecule is Cc1nc(S(N)(=O)=O)c2n1CCC(C)C2. The van der Waals surface area contributed by atoms with Crippen molar-refractivity contribution >= 4 is 10.0 Å². The summed E-state index contributed by atoms with van der Waals surface area (Å²) in [6.07, 6.45) is 1.81. The van der Waals surface area contributed by atoms with Gasteiger partial charge in [-0.05, 0) is 25.7 Å². The van der Waals surface area contributed by atoms with E-state index in [0.717, 1.165) is 30.9 Å². The number of aryl methyl sites for hydroxylation is 1. The summed E-state index contributed by atoms with van der Waals surface area (Å²) in [5.41, 5.74) is 0.772. The zero-order chi connectivity index (χ0) is 11.2. The molecule has 6 heteroatoms. The first-order valence-corrected chi connectivity index (χ1v) is 6.53. The van der Waals surface area contributed by atoms with Crippen LogP contribution in [-0.2, 0) is 23.0 Å². The third-order valence-electron chi connectivity index (χ3n) is 2.88. The molecule has 84 valence electrons. The first-order chi connectivity index (χ1) is 6.89. The van der Waals surface area contributed by atoms with Crippen LogP contribution < -0.4 is 5.14 Å². The second-order valence-corrected chi connectivity index (χ2v) is 5.68. The lowest BCUT2D eigenvalue weighted by molar-refractivity contribution is 0.407. The van der Waals surface area contributed by atoms with Crippen LogP contribution >= 0.6 is 0 Å². The Balaban J connectivity index is 2.60. The van der Waals surface area contributed by atoms with Gasteiger partial charge in [0.05, 0.1) is 5.69 Å². The monoisotopic (exact) mass is 229 g/mol. The Morgan fingerprint density at radius 3 is 2.80 bits per heavy atom. The van der Waals surface area contributed by atoms with Crippen molar-refractivity contribution in [1.82, 2.24) is 9.55 Å². The maximum atomic E-state index is 11.3. The highest BCUT2D eigenvalue weighted by atomic mass is 32.2. The molecule has 0 spiro atoms. The smallest absolute Gasteiger partial charge is 0.257 e. The van der Waals surface area contributed by atoms with E-state index in [1.54, 1.807) is 0 Å². The van der Waals surface area contributed by atoms with Crippen LogP contribution in [0.5, 0.6) is 0 Å². The van der Waals surface area contributed by atoms with Crippen molar-refractivity contribution in [3.8, 4) is 0 Å². The Labute approximate surface area is 89.4 Å². The molecule has 0 fully saturated rings. The van der Waals surface area contributed by atoms with Crippen molar-refractivity contribution < 1.29 is 8.42 Å². The van der Waals surface area contributed by atoms with Crippen LogP contribution in [0.15, 0.2) is 5.03 Å². The Hall–Kier alpha value is -0.880. The van der Waals surface area contributed by atoms with E-state index in [4.69, 9.17) is 5.14 Å². The fourth-order valence-electron chi connectivity index (χ4n) is 2.09. The summed E-state index contributed by atoms with van der Waals surface area (Å²) in [4.78, 5) is 4.05. The van der Waals surface area contributed by atoms with Crippen molar-refractivity contribution in [2.24, 2.45) is 11.1 Å². The Kier molecular flexibility index (Phi) is 2.35. The van der Waals surface area contributed by atoms with Crippen LogP contribution in [0.4, 0.5) is 0 Å². The zero-order valence-corrected chi connectivity index (χ0v) is 9.71. The van der Waals surface area contributed by atoms with Crippen molar-refractivity contribution in [2.45, 2.75) is 38.3 Å². The number of nitrogens with zero attached hydrogens (tertiary/aromatic N) is 2. The van der Waals surface area contributed by atoms with Gasteiger partial charge in [-0.15, -0.1) is 0 Å². The minimum atomic E-state index is -3.68. The Morgan fingerprint density at radius 2 is 2.20 bits per heavy atom. The third kappa shape index (κ3) is 1.79. The molecule has 1 unspecified atom stereocenters. The molecule has 0 aliphatic carbocycles.